The van der Waals surface area contributed by atoms with E-state index in [2.05, 4.69) is 130 Å². The lowest BCUT2D eigenvalue weighted by Crippen LogP contribution is -2.22. The van der Waals surface area contributed by atoms with E-state index in [1.807, 2.05) is 0 Å². The summed E-state index contributed by atoms with van der Waals surface area (Å²) in [5.41, 5.74) is 10.3. The van der Waals surface area contributed by atoms with Crippen LogP contribution in [0.3, 0.4) is 0 Å². The maximum atomic E-state index is 2.41. The third-order valence-electron chi connectivity index (χ3n) is 7.18. The van der Waals surface area contributed by atoms with Crippen molar-refractivity contribution in [3.05, 3.63) is 89.0 Å². The zero-order chi connectivity index (χ0) is 25.4. The summed E-state index contributed by atoms with van der Waals surface area (Å²) in [6.07, 6.45) is 9.12. The molecule has 0 fully saturated rings. The summed E-state index contributed by atoms with van der Waals surface area (Å²) in [6, 6.07) is 16.1. The summed E-state index contributed by atoms with van der Waals surface area (Å²) >= 11 is 0. The minimum atomic E-state index is 1.02. The molecular formula is C32H44N3+. The first-order chi connectivity index (χ1) is 17.0. The molecule has 0 aliphatic heterocycles. The van der Waals surface area contributed by atoms with E-state index in [1.165, 1.54) is 44.9 Å². The molecule has 0 saturated heterocycles. The number of hydrogen-bond acceptors (Lipinski definition) is 2. The van der Waals surface area contributed by atoms with Gasteiger partial charge in [-0.05, 0) is 113 Å². The minimum Gasteiger partial charge on any atom is -0.372 e. The maximum Gasteiger partial charge on any atom is 0.199 e. The number of hydrogen-bond donors (Lipinski definition) is 0. The molecule has 0 bridgehead atoms. The molecule has 1 aliphatic rings. The Kier molecular flexibility index (Phi) is 9.54. The van der Waals surface area contributed by atoms with E-state index >= 15 is 0 Å². The Hall–Kier alpha value is -3.07. The Balaban J connectivity index is 2.15. The predicted octanol–water partition coefficient (Wildman–Crippen LogP) is 7.11. The van der Waals surface area contributed by atoms with Gasteiger partial charge in [-0.2, -0.15) is 0 Å². The molecule has 3 nitrogen and oxygen atoms in total. The van der Waals surface area contributed by atoms with Crippen LogP contribution in [0.4, 0.5) is 11.4 Å². The average Bonchev–Trinajstić information content (AvgIpc) is 2.89. The second kappa shape index (κ2) is 12.6. The predicted molar refractivity (Wildman–Crippen MR) is 155 cm³/mol. The topological polar surface area (TPSA) is 9.49 Å². The lowest BCUT2D eigenvalue weighted by atomic mass is 9.88. The zero-order valence-corrected chi connectivity index (χ0v) is 22.9. The number of nitrogens with zero attached hydrogens (tertiary/aromatic N) is 3. The monoisotopic (exact) mass is 470 g/mol. The molecule has 0 amide bonds. The van der Waals surface area contributed by atoms with Gasteiger partial charge in [-0.3, -0.25) is 0 Å². The second-order valence-corrected chi connectivity index (χ2v) is 8.98. The molecule has 35 heavy (non-hydrogen) atoms. The molecule has 0 unspecified atom stereocenters. The molecule has 186 valence electrons. The summed E-state index contributed by atoms with van der Waals surface area (Å²) in [7, 11) is 0. The normalized spacial score (nSPS) is 12.8. The molecule has 0 aromatic heterocycles. The van der Waals surface area contributed by atoms with Gasteiger partial charge in [0.15, 0.2) is 5.71 Å². The molecule has 0 atom stereocenters. The summed E-state index contributed by atoms with van der Waals surface area (Å²) in [5.74, 6) is 0. The fourth-order valence-corrected chi connectivity index (χ4v) is 5.05. The highest BCUT2D eigenvalue weighted by Crippen LogP contribution is 2.34. The lowest BCUT2D eigenvalue weighted by molar-refractivity contribution is -0.519. The molecule has 3 heteroatoms. The Morgan fingerprint density at radius 3 is 1.66 bits per heavy atom. The molecule has 0 N–H and O–H groups in total. The van der Waals surface area contributed by atoms with Gasteiger partial charge >= 0.3 is 0 Å². The van der Waals surface area contributed by atoms with Gasteiger partial charge in [0.1, 0.15) is 13.1 Å². The molecule has 0 radical (unpaired) electrons. The van der Waals surface area contributed by atoms with Crippen molar-refractivity contribution >= 4 is 22.7 Å². The highest BCUT2D eigenvalue weighted by molar-refractivity contribution is 6.04. The third kappa shape index (κ3) is 5.96. The second-order valence-electron chi connectivity index (χ2n) is 8.98. The van der Waals surface area contributed by atoms with Crippen LogP contribution in [0.15, 0.2) is 72.3 Å². The summed E-state index contributed by atoms with van der Waals surface area (Å²) in [5, 5.41) is 0. The number of anilines is 2. The van der Waals surface area contributed by atoms with Gasteiger partial charge in [0.2, 0.25) is 0 Å². The van der Waals surface area contributed by atoms with E-state index in [-0.39, 0.29) is 0 Å². The molecule has 0 saturated carbocycles. The van der Waals surface area contributed by atoms with Crippen LogP contribution >= 0.6 is 0 Å². The molecule has 2 aromatic rings. The van der Waals surface area contributed by atoms with Crippen LogP contribution in [0.1, 0.15) is 58.2 Å². The maximum absolute atomic E-state index is 2.41. The van der Waals surface area contributed by atoms with Crippen LogP contribution in [0, 0.1) is 6.92 Å². The van der Waals surface area contributed by atoms with Crippen molar-refractivity contribution in [1.29, 1.82) is 0 Å². The van der Waals surface area contributed by atoms with E-state index in [4.69, 9.17) is 0 Å². The van der Waals surface area contributed by atoms with Gasteiger partial charge in [0.05, 0.1) is 0 Å². The number of benzene rings is 2. The Morgan fingerprint density at radius 2 is 1.17 bits per heavy atom. The van der Waals surface area contributed by atoms with Gasteiger partial charge in [-0.15, -0.1) is 0 Å². The Labute approximate surface area is 213 Å². The quantitative estimate of drug-likeness (QED) is 0.342. The average molecular weight is 471 g/mol. The molecule has 2 aromatic carbocycles. The van der Waals surface area contributed by atoms with E-state index in [9.17, 15) is 0 Å². The Morgan fingerprint density at radius 1 is 0.657 bits per heavy atom. The third-order valence-corrected chi connectivity index (χ3v) is 7.18. The summed E-state index contributed by atoms with van der Waals surface area (Å²) in [6.45, 7) is 21.7. The standard InChI is InChI=1S/C32H44N3/c1-8-33(9-2)28-18-14-26(15-19-28)32(27-16-20-29(21-17-27)34(10-3)11-4)31-23-22-30(24-25(31)7)35(12-5)13-6/h14-24H,8-13H2,1-7H3/q+1. The first-order valence-corrected chi connectivity index (χ1v) is 13.4. The fraction of sp³-hybridized carbons (Fsp3) is 0.406. The van der Waals surface area contributed by atoms with Crippen molar-refractivity contribution in [3.63, 3.8) is 0 Å². The summed E-state index contributed by atoms with van der Waals surface area (Å²) in [4.78, 5) is 4.81. The van der Waals surface area contributed by atoms with E-state index in [0.717, 1.165) is 39.3 Å². The van der Waals surface area contributed by atoms with Crippen LogP contribution in [0.25, 0.3) is 5.57 Å². The van der Waals surface area contributed by atoms with E-state index < -0.39 is 0 Å². The first kappa shape index (κ1) is 26.5. The van der Waals surface area contributed by atoms with Crippen molar-refractivity contribution < 1.29 is 4.58 Å². The van der Waals surface area contributed by atoms with Crippen molar-refractivity contribution in [2.75, 3.05) is 49.1 Å². The van der Waals surface area contributed by atoms with Gasteiger partial charge in [-0.1, -0.05) is 18.2 Å². The molecular weight excluding hydrogens is 426 g/mol. The largest absolute Gasteiger partial charge is 0.372 e. The van der Waals surface area contributed by atoms with Gasteiger partial charge in [0.25, 0.3) is 0 Å². The van der Waals surface area contributed by atoms with Crippen molar-refractivity contribution in [1.82, 2.24) is 0 Å². The lowest BCUT2D eigenvalue weighted by Gasteiger charge is -2.24. The molecule has 1 aliphatic carbocycles. The smallest absolute Gasteiger partial charge is 0.199 e. The van der Waals surface area contributed by atoms with Crippen molar-refractivity contribution in [2.24, 2.45) is 0 Å². The number of aryl methyl sites for hydroxylation is 1. The molecule has 3 rings (SSSR count). The van der Waals surface area contributed by atoms with Gasteiger partial charge < -0.3 is 9.80 Å². The molecule has 0 spiro atoms. The van der Waals surface area contributed by atoms with Crippen LogP contribution in [0.5, 0.6) is 0 Å². The van der Waals surface area contributed by atoms with Crippen LogP contribution in [0.2, 0.25) is 0 Å². The highest BCUT2D eigenvalue weighted by atomic mass is 15.1. The fourth-order valence-electron chi connectivity index (χ4n) is 5.05. The van der Waals surface area contributed by atoms with Crippen LogP contribution in [-0.4, -0.2) is 49.6 Å². The van der Waals surface area contributed by atoms with Crippen molar-refractivity contribution in [3.8, 4) is 0 Å². The first-order valence-electron chi connectivity index (χ1n) is 13.4. The SMILES string of the molecule is CCN(CC)c1ccc(C(=C2C=CC(=[N+](CC)CC)C=C2)c2ccc(N(CC)CC)cc2C)cc1. The minimum absolute atomic E-state index is 1.02. The molecule has 0 heterocycles. The Bertz CT molecular complexity index is 1080. The highest BCUT2D eigenvalue weighted by Gasteiger charge is 2.17. The van der Waals surface area contributed by atoms with Crippen LogP contribution < -0.4 is 9.80 Å². The van der Waals surface area contributed by atoms with E-state index in [0.29, 0.717) is 0 Å². The van der Waals surface area contributed by atoms with Crippen molar-refractivity contribution in [2.45, 2.75) is 48.5 Å². The van der Waals surface area contributed by atoms with Gasteiger partial charge in [-0.25, -0.2) is 4.58 Å². The van der Waals surface area contributed by atoms with Gasteiger partial charge in [0, 0.05) is 49.7 Å². The van der Waals surface area contributed by atoms with Crippen LogP contribution in [-0.2, 0) is 0 Å². The number of rotatable bonds is 10. The number of allylic oxidation sites excluding steroid dienone is 5. The summed E-state index contributed by atoms with van der Waals surface area (Å²) < 4.78 is 2.40. The van der Waals surface area contributed by atoms with E-state index in [1.54, 1.807) is 0 Å². The zero-order valence-electron chi connectivity index (χ0n) is 22.9.